The molecule has 0 bridgehead atoms. The van der Waals surface area contributed by atoms with Crippen LogP contribution in [0.2, 0.25) is 0 Å². The molecule has 1 aromatic carbocycles. The maximum absolute atomic E-state index is 12.5. The van der Waals surface area contributed by atoms with Gasteiger partial charge in [-0.05, 0) is 30.5 Å². The number of carbonyl (C=O) groups is 1. The topological polar surface area (TPSA) is 83.5 Å². The largest absolute Gasteiger partial charge is 0.508 e. The average molecular weight is 227 g/mol. The van der Waals surface area contributed by atoms with Crippen molar-refractivity contribution in [2.75, 3.05) is 6.67 Å². The number of hydrogen-bond acceptors (Lipinski definition) is 3. The van der Waals surface area contributed by atoms with E-state index in [1.165, 1.54) is 12.1 Å². The Kier molecular flexibility index (Phi) is 3.84. The summed E-state index contributed by atoms with van der Waals surface area (Å²) in [6.07, 6.45) is 0.372. The molecular formula is C11H14FNO3. The van der Waals surface area contributed by atoms with Crippen LogP contribution in [0.25, 0.3) is 0 Å². The molecule has 1 rings (SSSR count). The van der Waals surface area contributed by atoms with Crippen LogP contribution in [0.5, 0.6) is 5.75 Å². The van der Waals surface area contributed by atoms with Gasteiger partial charge >= 0.3 is 5.97 Å². The number of carboxylic acids is 1. The van der Waals surface area contributed by atoms with E-state index in [4.69, 9.17) is 15.9 Å². The van der Waals surface area contributed by atoms with Gasteiger partial charge in [0.1, 0.15) is 18.0 Å². The first-order valence-electron chi connectivity index (χ1n) is 4.84. The molecule has 0 aliphatic rings. The molecule has 0 amide bonds. The third kappa shape index (κ3) is 2.93. The van der Waals surface area contributed by atoms with Crippen LogP contribution in [0.4, 0.5) is 4.39 Å². The lowest BCUT2D eigenvalue weighted by Gasteiger charge is -2.20. The minimum Gasteiger partial charge on any atom is -0.508 e. The number of benzene rings is 1. The summed E-state index contributed by atoms with van der Waals surface area (Å²) in [6.45, 7) is -1.10. The van der Waals surface area contributed by atoms with Crippen LogP contribution in [0.1, 0.15) is 12.0 Å². The van der Waals surface area contributed by atoms with E-state index in [0.717, 1.165) is 5.56 Å². The van der Waals surface area contributed by atoms with E-state index >= 15 is 0 Å². The summed E-state index contributed by atoms with van der Waals surface area (Å²) in [5, 5.41) is 17.8. The molecule has 16 heavy (non-hydrogen) atoms. The standard InChI is InChI=1S/C11H14FNO3/c12-7-11(13,10(15)16)6-5-8-1-3-9(14)4-2-8/h1-4,14H,5-7,13H2,(H,15,16). The molecule has 1 unspecified atom stereocenters. The molecule has 5 heteroatoms. The lowest BCUT2D eigenvalue weighted by molar-refractivity contribution is -0.144. The van der Waals surface area contributed by atoms with Gasteiger partial charge in [-0.2, -0.15) is 0 Å². The number of hydrogen-bond donors (Lipinski definition) is 3. The number of aromatic hydroxyl groups is 1. The molecule has 1 aromatic rings. The quantitative estimate of drug-likeness (QED) is 0.702. The number of halogens is 1. The first kappa shape index (κ1) is 12.4. The van der Waals surface area contributed by atoms with Crippen molar-refractivity contribution >= 4 is 5.97 Å². The fraction of sp³-hybridized carbons (Fsp3) is 0.364. The van der Waals surface area contributed by atoms with Crippen LogP contribution in [-0.2, 0) is 11.2 Å². The van der Waals surface area contributed by atoms with Crippen molar-refractivity contribution < 1.29 is 19.4 Å². The highest BCUT2D eigenvalue weighted by Crippen LogP contribution is 2.16. The Morgan fingerprint density at radius 2 is 1.94 bits per heavy atom. The van der Waals surface area contributed by atoms with Gasteiger partial charge < -0.3 is 15.9 Å². The Bertz CT molecular complexity index is 366. The molecule has 0 fully saturated rings. The first-order valence-corrected chi connectivity index (χ1v) is 4.84. The Balaban J connectivity index is 2.63. The van der Waals surface area contributed by atoms with Crippen molar-refractivity contribution in [2.45, 2.75) is 18.4 Å². The zero-order valence-corrected chi connectivity index (χ0v) is 8.69. The SMILES string of the molecule is NC(CF)(CCc1ccc(O)cc1)C(=O)O. The van der Waals surface area contributed by atoms with Gasteiger partial charge in [0.2, 0.25) is 0 Å². The Morgan fingerprint density at radius 3 is 2.38 bits per heavy atom. The Hall–Kier alpha value is -1.62. The van der Waals surface area contributed by atoms with Gasteiger partial charge in [0.25, 0.3) is 0 Å². The fourth-order valence-electron chi connectivity index (χ4n) is 1.26. The van der Waals surface area contributed by atoms with E-state index in [-0.39, 0.29) is 12.2 Å². The average Bonchev–Trinajstić information content (AvgIpc) is 2.27. The van der Waals surface area contributed by atoms with Crippen LogP contribution < -0.4 is 5.73 Å². The molecule has 0 saturated heterocycles. The van der Waals surface area contributed by atoms with Crippen molar-refractivity contribution in [3.63, 3.8) is 0 Å². The number of nitrogens with two attached hydrogens (primary N) is 1. The van der Waals surface area contributed by atoms with Crippen molar-refractivity contribution in [3.05, 3.63) is 29.8 Å². The Morgan fingerprint density at radius 1 is 1.38 bits per heavy atom. The Labute approximate surface area is 92.5 Å². The minimum atomic E-state index is -1.82. The van der Waals surface area contributed by atoms with E-state index in [2.05, 4.69) is 0 Å². The van der Waals surface area contributed by atoms with E-state index < -0.39 is 18.2 Å². The van der Waals surface area contributed by atoms with Gasteiger partial charge in [-0.3, -0.25) is 4.79 Å². The van der Waals surface area contributed by atoms with Gasteiger partial charge in [0.15, 0.2) is 0 Å². The summed E-state index contributed by atoms with van der Waals surface area (Å²) in [7, 11) is 0. The zero-order valence-electron chi connectivity index (χ0n) is 8.69. The molecule has 0 spiro atoms. The molecule has 88 valence electrons. The zero-order chi connectivity index (χ0) is 12.2. The van der Waals surface area contributed by atoms with Crippen molar-refractivity contribution in [1.82, 2.24) is 0 Å². The van der Waals surface area contributed by atoms with Gasteiger partial charge in [-0.15, -0.1) is 0 Å². The molecule has 0 heterocycles. The second kappa shape index (κ2) is 4.94. The number of aryl methyl sites for hydroxylation is 1. The van der Waals surface area contributed by atoms with Crippen molar-refractivity contribution in [2.24, 2.45) is 5.73 Å². The van der Waals surface area contributed by atoms with E-state index in [1.807, 2.05) is 0 Å². The molecule has 4 nitrogen and oxygen atoms in total. The highest BCUT2D eigenvalue weighted by molar-refractivity contribution is 5.78. The van der Waals surface area contributed by atoms with E-state index in [9.17, 15) is 9.18 Å². The normalized spacial score (nSPS) is 14.4. The van der Waals surface area contributed by atoms with E-state index in [0.29, 0.717) is 6.42 Å². The summed E-state index contributed by atoms with van der Waals surface area (Å²) >= 11 is 0. The summed E-state index contributed by atoms with van der Waals surface area (Å²) in [6, 6.07) is 6.28. The number of aliphatic carboxylic acids is 1. The second-order valence-electron chi connectivity index (χ2n) is 3.76. The lowest BCUT2D eigenvalue weighted by Crippen LogP contribution is -2.50. The molecule has 0 aliphatic carbocycles. The van der Waals surface area contributed by atoms with Gasteiger partial charge in [-0.1, -0.05) is 12.1 Å². The second-order valence-corrected chi connectivity index (χ2v) is 3.76. The highest BCUT2D eigenvalue weighted by Gasteiger charge is 2.33. The van der Waals surface area contributed by atoms with Crippen LogP contribution in [-0.4, -0.2) is 28.4 Å². The molecule has 4 N–H and O–H groups in total. The number of rotatable bonds is 5. The summed E-state index contributed by atoms with van der Waals surface area (Å²) in [4.78, 5) is 10.7. The summed E-state index contributed by atoms with van der Waals surface area (Å²) in [5.74, 6) is -1.21. The number of alkyl halides is 1. The third-order valence-electron chi connectivity index (χ3n) is 2.46. The molecule has 1 atom stereocenters. The molecule has 0 saturated carbocycles. The van der Waals surface area contributed by atoms with Gasteiger partial charge in [-0.25, -0.2) is 4.39 Å². The van der Waals surface area contributed by atoms with Crippen LogP contribution in [0.15, 0.2) is 24.3 Å². The summed E-state index contributed by atoms with van der Waals surface area (Å²) < 4.78 is 12.5. The highest BCUT2D eigenvalue weighted by atomic mass is 19.1. The van der Waals surface area contributed by atoms with Crippen molar-refractivity contribution in [1.29, 1.82) is 0 Å². The molecule has 0 aromatic heterocycles. The summed E-state index contributed by atoms with van der Waals surface area (Å²) in [5.41, 5.74) is 4.38. The first-order chi connectivity index (χ1) is 7.48. The monoisotopic (exact) mass is 227 g/mol. The molecular weight excluding hydrogens is 213 g/mol. The predicted octanol–water partition coefficient (Wildman–Crippen LogP) is 1.08. The van der Waals surface area contributed by atoms with Gasteiger partial charge in [0, 0.05) is 0 Å². The van der Waals surface area contributed by atoms with Crippen LogP contribution in [0, 0.1) is 0 Å². The lowest BCUT2D eigenvalue weighted by atomic mass is 9.94. The van der Waals surface area contributed by atoms with Crippen LogP contribution in [0.3, 0.4) is 0 Å². The maximum Gasteiger partial charge on any atom is 0.326 e. The fourth-order valence-corrected chi connectivity index (χ4v) is 1.26. The molecule has 0 radical (unpaired) electrons. The number of phenolic OH excluding ortho intramolecular Hbond substituents is 1. The van der Waals surface area contributed by atoms with Gasteiger partial charge in [0.05, 0.1) is 0 Å². The minimum absolute atomic E-state index is 0.0175. The number of carboxylic acid groups (broad SMARTS) is 1. The van der Waals surface area contributed by atoms with E-state index in [1.54, 1.807) is 12.1 Å². The molecule has 0 aliphatic heterocycles. The maximum atomic E-state index is 12.5. The predicted molar refractivity (Wildman–Crippen MR) is 57.0 cm³/mol. The van der Waals surface area contributed by atoms with Crippen LogP contribution >= 0.6 is 0 Å². The third-order valence-corrected chi connectivity index (χ3v) is 2.46. The van der Waals surface area contributed by atoms with Crippen molar-refractivity contribution in [3.8, 4) is 5.75 Å². The number of phenols is 1. The smallest absolute Gasteiger partial charge is 0.326 e.